The molecule has 2 nitrogen and oxygen atoms in total. The van der Waals surface area contributed by atoms with E-state index in [2.05, 4.69) is 28.9 Å². The number of nitrogens with one attached hydrogen (secondary N) is 1. The molecular formula is C12H12N2S2. The zero-order chi connectivity index (χ0) is 11.4. The fourth-order valence-corrected chi connectivity index (χ4v) is 3.09. The van der Waals surface area contributed by atoms with Crippen molar-refractivity contribution in [3.05, 3.63) is 44.3 Å². The van der Waals surface area contributed by atoms with Crippen molar-refractivity contribution >= 4 is 22.7 Å². The fraction of sp³-hybridized carbons (Fsp3) is 0.250. The molecule has 2 rings (SSSR count). The van der Waals surface area contributed by atoms with E-state index in [1.807, 2.05) is 18.4 Å². The molecule has 0 aliphatic heterocycles. The molecular weight excluding hydrogens is 236 g/mol. The van der Waals surface area contributed by atoms with Gasteiger partial charge in [0, 0.05) is 16.3 Å². The summed E-state index contributed by atoms with van der Waals surface area (Å²) >= 11 is 3.35. The number of nitriles is 1. The van der Waals surface area contributed by atoms with Crippen LogP contribution in [0, 0.1) is 18.3 Å². The summed E-state index contributed by atoms with van der Waals surface area (Å²) in [5.74, 6) is 0. The summed E-state index contributed by atoms with van der Waals surface area (Å²) in [6, 6.07) is 8.28. The van der Waals surface area contributed by atoms with Crippen molar-refractivity contribution in [1.82, 2.24) is 5.32 Å². The lowest BCUT2D eigenvalue weighted by molar-refractivity contribution is 0.642. The van der Waals surface area contributed by atoms with Gasteiger partial charge in [-0.25, -0.2) is 0 Å². The van der Waals surface area contributed by atoms with Crippen LogP contribution in [0.2, 0.25) is 0 Å². The van der Waals surface area contributed by atoms with Crippen LogP contribution < -0.4 is 5.32 Å². The maximum atomic E-state index is 9.15. The largest absolute Gasteiger partial charge is 0.293 e. The standard InChI is InChI=1S/C12H12N2S2/c1-9-4-6-16-12(9)11(7-13)14-8-10-3-2-5-15-10/h2-6,11,14H,8H2,1H3. The normalized spacial score (nSPS) is 12.2. The highest BCUT2D eigenvalue weighted by Crippen LogP contribution is 2.24. The van der Waals surface area contributed by atoms with E-state index < -0.39 is 0 Å². The van der Waals surface area contributed by atoms with E-state index in [0.29, 0.717) is 0 Å². The molecule has 1 unspecified atom stereocenters. The van der Waals surface area contributed by atoms with Crippen molar-refractivity contribution in [3.63, 3.8) is 0 Å². The molecule has 1 atom stereocenters. The van der Waals surface area contributed by atoms with Crippen LogP contribution in [0.3, 0.4) is 0 Å². The molecule has 0 bridgehead atoms. The van der Waals surface area contributed by atoms with Crippen LogP contribution in [0.15, 0.2) is 29.0 Å². The molecule has 4 heteroatoms. The van der Waals surface area contributed by atoms with Crippen LogP contribution in [-0.4, -0.2) is 0 Å². The van der Waals surface area contributed by atoms with Gasteiger partial charge in [0.1, 0.15) is 6.04 Å². The Morgan fingerprint density at radius 1 is 1.38 bits per heavy atom. The van der Waals surface area contributed by atoms with Gasteiger partial charge in [0.15, 0.2) is 0 Å². The van der Waals surface area contributed by atoms with Gasteiger partial charge in [-0.3, -0.25) is 5.32 Å². The van der Waals surface area contributed by atoms with Crippen LogP contribution >= 0.6 is 22.7 Å². The monoisotopic (exact) mass is 248 g/mol. The van der Waals surface area contributed by atoms with Gasteiger partial charge in [-0.05, 0) is 35.4 Å². The molecule has 0 radical (unpaired) electrons. The van der Waals surface area contributed by atoms with E-state index in [4.69, 9.17) is 5.26 Å². The Labute approximate surface area is 103 Å². The van der Waals surface area contributed by atoms with Gasteiger partial charge in [0.05, 0.1) is 6.07 Å². The summed E-state index contributed by atoms with van der Waals surface area (Å²) in [4.78, 5) is 2.38. The van der Waals surface area contributed by atoms with E-state index in [1.54, 1.807) is 22.7 Å². The molecule has 0 aromatic carbocycles. The SMILES string of the molecule is Cc1ccsc1C(C#N)NCc1cccs1. The molecule has 0 saturated carbocycles. The van der Waals surface area contributed by atoms with Crippen molar-refractivity contribution in [1.29, 1.82) is 5.26 Å². The van der Waals surface area contributed by atoms with E-state index >= 15 is 0 Å². The second-order valence-electron chi connectivity index (χ2n) is 3.49. The molecule has 2 heterocycles. The average molecular weight is 248 g/mol. The minimum atomic E-state index is -0.193. The lowest BCUT2D eigenvalue weighted by Crippen LogP contribution is -2.18. The van der Waals surface area contributed by atoms with Gasteiger partial charge in [-0.1, -0.05) is 6.07 Å². The number of hydrogen-bond donors (Lipinski definition) is 1. The summed E-state index contributed by atoms with van der Waals surface area (Å²) in [7, 11) is 0. The van der Waals surface area contributed by atoms with Gasteiger partial charge in [-0.2, -0.15) is 5.26 Å². The Morgan fingerprint density at radius 3 is 2.81 bits per heavy atom. The smallest absolute Gasteiger partial charge is 0.131 e. The predicted octanol–water partition coefficient (Wildman–Crippen LogP) is 3.47. The van der Waals surface area contributed by atoms with Gasteiger partial charge in [-0.15, -0.1) is 22.7 Å². The van der Waals surface area contributed by atoms with Gasteiger partial charge >= 0.3 is 0 Å². The average Bonchev–Trinajstić information content (AvgIpc) is 2.92. The summed E-state index contributed by atoms with van der Waals surface area (Å²) in [5.41, 5.74) is 1.19. The van der Waals surface area contributed by atoms with Crippen LogP contribution in [0.25, 0.3) is 0 Å². The van der Waals surface area contributed by atoms with Crippen LogP contribution in [-0.2, 0) is 6.54 Å². The molecule has 0 spiro atoms. The molecule has 1 N–H and O–H groups in total. The van der Waals surface area contributed by atoms with Crippen molar-refractivity contribution in [2.24, 2.45) is 0 Å². The van der Waals surface area contributed by atoms with E-state index in [9.17, 15) is 0 Å². The quantitative estimate of drug-likeness (QED) is 0.899. The predicted molar refractivity (Wildman–Crippen MR) is 68.6 cm³/mol. The van der Waals surface area contributed by atoms with E-state index in [0.717, 1.165) is 11.4 Å². The first-order valence-electron chi connectivity index (χ1n) is 5.00. The number of hydrogen-bond acceptors (Lipinski definition) is 4. The first kappa shape index (κ1) is 11.3. The lowest BCUT2D eigenvalue weighted by Gasteiger charge is -2.09. The van der Waals surface area contributed by atoms with Crippen molar-refractivity contribution < 1.29 is 0 Å². The number of rotatable bonds is 4. The zero-order valence-electron chi connectivity index (χ0n) is 8.93. The molecule has 2 aromatic rings. The highest BCUT2D eigenvalue weighted by atomic mass is 32.1. The minimum Gasteiger partial charge on any atom is -0.293 e. The van der Waals surface area contributed by atoms with Gasteiger partial charge in [0.2, 0.25) is 0 Å². The van der Waals surface area contributed by atoms with E-state index in [1.165, 1.54) is 10.4 Å². The Hall–Kier alpha value is -1.15. The highest BCUT2D eigenvalue weighted by molar-refractivity contribution is 7.10. The molecule has 2 aromatic heterocycles. The summed E-state index contributed by atoms with van der Waals surface area (Å²) < 4.78 is 0. The molecule has 82 valence electrons. The van der Waals surface area contributed by atoms with E-state index in [-0.39, 0.29) is 6.04 Å². The van der Waals surface area contributed by atoms with Gasteiger partial charge < -0.3 is 0 Å². The third kappa shape index (κ3) is 2.50. The molecule has 0 aliphatic rings. The highest BCUT2D eigenvalue weighted by Gasteiger charge is 2.13. The lowest BCUT2D eigenvalue weighted by atomic mass is 10.2. The Morgan fingerprint density at radius 2 is 2.25 bits per heavy atom. The second-order valence-corrected chi connectivity index (χ2v) is 5.47. The first-order chi connectivity index (χ1) is 7.81. The summed E-state index contributed by atoms with van der Waals surface area (Å²) in [5, 5.41) is 16.5. The van der Waals surface area contributed by atoms with Crippen molar-refractivity contribution in [2.45, 2.75) is 19.5 Å². The second kappa shape index (κ2) is 5.26. The van der Waals surface area contributed by atoms with Crippen molar-refractivity contribution in [2.75, 3.05) is 0 Å². The number of nitrogens with zero attached hydrogens (tertiary/aromatic N) is 1. The van der Waals surface area contributed by atoms with Crippen LogP contribution in [0.1, 0.15) is 21.4 Å². The van der Waals surface area contributed by atoms with Crippen LogP contribution in [0.4, 0.5) is 0 Å². The summed E-state index contributed by atoms with van der Waals surface area (Å²) in [6.45, 7) is 2.80. The fourth-order valence-electron chi connectivity index (χ4n) is 1.49. The van der Waals surface area contributed by atoms with Gasteiger partial charge in [0.25, 0.3) is 0 Å². The summed E-state index contributed by atoms with van der Waals surface area (Å²) in [6.07, 6.45) is 0. The minimum absolute atomic E-state index is 0.193. The number of aryl methyl sites for hydroxylation is 1. The molecule has 16 heavy (non-hydrogen) atoms. The Kier molecular flexibility index (Phi) is 3.73. The maximum absolute atomic E-state index is 9.15. The molecule has 0 aliphatic carbocycles. The maximum Gasteiger partial charge on any atom is 0.131 e. The first-order valence-corrected chi connectivity index (χ1v) is 6.76. The molecule has 0 saturated heterocycles. The number of thiophene rings is 2. The molecule has 0 fully saturated rings. The molecule has 0 amide bonds. The van der Waals surface area contributed by atoms with Crippen molar-refractivity contribution in [3.8, 4) is 6.07 Å². The topological polar surface area (TPSA) is 35.8 Å². The Bertz CT molecular complexity index is 479. The third-order valence-corrected chi connectivity index (χ3v) is 4.31. The third-order valence-electron chi connectivity index (χ3n) is 2.35. The van der Waals surface area contributed by atoms with Crippen LogP contribution in [0.5, 0.6) is 0 Å². The zero-order valence-corrected chi connectivity index (χ0v) is 10.6. The Balaban J connectivity index is 2.02.